The molecule has 1 rings (SSSR count). The highest BCUT2D eigenvalue weighted by atomic mass is 35.5. The molecule has 1 saturated heterocycles. The van der Waals surface area contributed by atoms with E-state index in [1.165, 1.54) is 0 Å². The van der Waals surface area contributed by atoms with Gasteiger partial charge < -0.3 is 20.0 Å². The van der Waals surface area contributed by atoms with Crippen molar-refractivity contribution in [2.24, 2.45) is 0 Å². The third-order valence-electron chi connectivity index (χ3n) is 3.68. The maximum absolute atomic E-state index is 11.9. The summed E-state index contributed by atoms with van der Waals surface area (Å²) in [4.78, 5) is 18.5. The minimum atomic E-state index is 0. The van der Waals surface area contributed by atoms with Gasteiger partial charge in [-0.25, -0.2) is 0 Å². The molecule has 0 aromatic heterocycles. The Morgan fingerprint density at radius 3 is 2.20 bits per heavy atom. The summed E-state index contributed by atoms with van der Waals surface area (Å²) in [6, 6.07) is 0. The molecular formula is C13H30Cl2N4O. The number of nitrogens with zero attached hydrogens (tertiary/aromatic N) is 3. The maximum Gasteiger partial charge on any atom is 0.223 e. The molecule has 1 N–H and O–H groups in total. The molecule has 1 heterocycles. The van der Waals surface area contributed by atoms with Crippen molar-refractivity contribution in [2.45, 2.75) is 13.3 Å². The van der Waals surface area contributed by atoms with Crippen LogP contribution in [0.15, 0.2) is 0 Å². The van der Waals surface area contributed by atoms with Gasteiger partial charge in [-0.05, 0) is 13.6 Å². The third kappa shape index (κ3) is 8.27. The smallest absolute Gasteiger partial charge is 0.223 e. The molecule has 20 heavy (non-hydrogen) atoms. The first kappa shape index (κ1) is 22.2. The van der Waals surface area contributed by atoms with Crippen molar-refractivity contribution in [3.8, 4) is 0 Å². The van der Waals surface area contributed by atoms with Crippen LogP contribution >= 0.6 is 24.8 Å². The van der Waals surface area contributed by atoms with Gasteiger partial charge in [0, 0.05) is 59.3 Å². The number of amides is 1. The molecule has 0 aromatic rings. The number of likely N-dealkylation sites (N-methyl/N-ethyl adjacent to an activating group) is 3. The molecule has 0 saturated carbocycles. The summed E-state index contributed by atoms with van der Waals surface area (Å²) in [7, 11) is 3.79. The van der Waals surface area contributed by atoms with E-state index >= 15 is 0 Å². The minimum absolute atomic E-state index is 0. The van der Waals surface area contributed by atoms with Gasteiger partial charge in [-0.15, -0.1) is 24.8 Å². The van der Waals surface area contributed by atoms with Crippen LogP contribution < -0.4 is 5.32 Å². The van der Waals surface area contributed by atoms with E-state index in [9.17, 15) is 4.79 Å². The molecular weight excluding hydrogens is 299 g/mol. The second kappa shape index (κ2) is 12.7. The van der Waals surface area contributed by atoms with E-state index in [0.29, 0.717) is 6.42 Å². The van der Waals surface area contributed by atoms with Gasteiger partial charge >= 0.3 is 0 Å². The molecule has 0 radical (unpaired) electrons. The summed E-state index contributed by atoms with van der Waals surface area (Å²) in [6.07, 6.45) is 0.645. The van der Waals surface area contributed by atoms with Gasteiger partial charge in [0.25, 0.3) is 0 Å². The minimum Gasteiger partial charge on any atom is -0.344 e. The van der Waals surface area contributed by atoms with Crippen LogP contribution in [0, 0.1) is 0 Å². The Labute approximate surface area is 135 Å². The highest BCUT2D eigenvalue weighted by molar-refractivity contribution is 5.85. The zero-order valence-electron chi connectivity index (χ0n) is 12.9. The second-order valence-corrected chi connectivity index (χ2v) is 4.94. The molecule has 0 aliphatic carbocycles. The lowest BCUT2D eigenvalue weighted by Gasteiger charge is -2.34. The molecule has 7 heteroatoms. The quantitative estimate of drug-likeness (QED) is 0.740. The van der Waals surface area contributed by atoms with Crippen LogP contribution in [-0.4, -0.2) is 87.1 Å². The maximum atomic E-state index is 11.9. The number of nitrogens with one attached hydrogen (secondary N) is 1. The van der Waals surface area contributed by atoms with Crippen molar-refractivity contribution in [1.29, 1.82) is 0 Å². The van der Waals surface area contributed by atoms with Crippen molar-refractivity contribution in [2.75, 3.05) is 66.5 Å². The summed E-state index contributed by atoms with van der Waals surface area (Å²) in [5.41, 5.74) is 0. The predicted molar refractivity (Wildman–Crippen MR) is 89.2 cm³/mol. The molecule has 0 aromatic carbocycles. The Hall–Kier alpha value is -0.0700. The van der Waals surface area contributed by atoms with Gasteiger partial charge in [-0.3, -0.25) is 4.79 Å². The number of hydrogen-bond donors (Lipinski definition) is 1. The average Bonchev–Trinajstić information content (AvgIpc) is 2.42. The van der Waals surface area contributed by atoms with Crippen LogP contribution in [0.2, 0.25) is 0 Å². The summed E-state index contributed by atoms with van der Waals surface area (Å²) in [6.45, 7) is 10.4. The predicted octanol–water partition coefficient (Wildman–Crippen LogP) is 0.535. The Morgan fingerprint density at radius 2 is 1.70 bits per heavy atom. The molecule has 0 bridgehead atoms. The van der Waals surface area contributed by atoms with Crippen LogP contribution in [0.5, 0.6) is 0 Å². The number of carbonyl (C=O) groups is 1. The fourth-order valence-electron chi connectivity index (χ4n) is 2.18. The monoisotopic (exact) mass is 328 g/mol. The van der Waals surface area contributed by atoms with Gasteiger partial charge in [0.05, 0.1) is 0 Å². The van der Waals surface area contributed by atoms with E-state index in [1.807, 2.05) is 19.0 Å². The second-order valence-electron chi connectivity index (χ2n) is 4.94. The lowest BCUT2D eigenvalue weighted by atomic mass is 10.2. The Kier molecular flexibility index (Phi) is 14.1. The van der Waals surface area contributed by atoms with E-state index in [0.717, 1.165) is 52.4 Å². The summed E-state index contributed by atoms with van der Waals surface area (Å²) < 4.78 is 0. The van der Waals surface area contributed by atoms with Gasteiger partial charge in [0.1, 0.15) is 0 Å². The molecule has 1 amide bonds. The first-order valence-corrected chi connectivity index (χ1v) is 7.00. The van der Waals surface area contributed by atoms with Crippen LogP contribution in [0.4, 0.5) is 0 Å². The van der Waals surface area contributed by atoms with E-state index in [1.54, 1.807) is 0 Å². The molecule has 1 aliphatic rings. The molecule has 0 unspecified atom stereocenters. The highest BCUT2D eigenvalue weighted by Gasteiger charge is 2.16. The first-order valence-electron chi connectivity index (χ1n) is 7.00. The van der Waals surface area contributed by atoms with Gasteiger partial charge in [0.2, 0.25) is 5.91 Å². The Balaban J connectivity index is 0. The number of hydrogen-bond acceptors (Lipinski definition) is 4. The van der Waals surface area contributed by atoms with E-state index in [-0.39, 0.29) is 30.7 Å². The lowest BCUT2D eigenvalue weighted by Crippen LogP contribution is -2.47. The molecule has 1 fully saturated rings. The van der Waals surface area contributed by atoms with Crippen molar-refractivity contribution in [3.05, 3.63) is 0 Å². The molecule has 5 nitrogen and oxygen atoms in total. The van der Waals surface area contributed by atoms with Crippen molar-refractivity contribution in [1.82, 2.24) is 20.0 Å². The van der Waals surface area contributed by atoms with E-state index in [4.69, 9.17) is 0 Å². The molecule has 0 spiro atoms. The van der Waals surface area contributed by atoms with Crippen molar-refractivity contribution < 1.29 is 4.79 Å². The third-order valence-corrected chi connectivity index (χ3v) is 3.68. The van der Waals surface area contributed by atoms with Gasteiger partial charge in [0.15, 0.2) is 0 Å². The lowest BCUT2D eigenvalue weighted by molar-refractivity contribution is -0.130. The van der Waals surface area contributed by atoms with E-state index < -0.39 is 0 Å². The van der Waals surface area contributed by atoms with Crippen LogP contribution in [0.1, 0.15) is 13.3 Å². The van der Waals surface area contributed by atoms with E-state index in [2.05, 4.69) is 22.0 Å². The fraction of sp³-hybridized carbons (Fsp3) is 0.923. The topological polar surface area (TPSA) is 38.8 Å². The summed E-state index contributed by atoms with van der Waals surface area (Å²) in [5, 5.41) is 3.06. The standard InChI is InChI=1S/C13H28N4O.2ClH/c1-4-16-9-11-17(12-10-16)7-5-13(18)15(3)8-6-14-2;;/h14H,4-12H2,1-3H3;2*1H. The van der Waals surface area contributed by atoms with Crippen molar-refractivity contribution in [3.63, 3.8) is 0 Å². The van der Waals surface area contributed by atoms with Crippen LogP contribution in [0.3, 0.4) is 0 Å². The summed E-state index contributed by atoms with van der Waals surface area (Å²) in [5.74, 6) is 0.253. The average molecular weight is 329 g/mol. The number of halogens is 2. The highest BCUT2D eigenvalue weighted by Crippen LogP contribution is 2.02. The zero-order chi connectivity index (χ0) is 13.4. The van der Waals surface area contributed by atoms with Crippen molar-refractivity contribution >= 4 is 30.7 Å². The SMILES string of the molecule is CCN1CCN(CCC(=O)N(C)CCNC)CC1.Cl.Cl. The number of piperazine rings is 1. The molecule has 1 aliphatic heterocycles. The number of carbonyl (C=O) groups excluding carboxylic acids is 1. The fourth-order valence-corrected chi connectivity index (χ4v) is 2.18. The normalized spacial score (nSPS) is 16.1. The first-order chi connectivity index (χ1) is 8.67. The Morgan fingerprint density at radius 1 is 1.15 bits per heavy atom. The number of rotatable bonds is 7. The van der Waals surface area contributed by atoms with Crippen LogP contribution in [0.25, 0.3) is 0 Å². The molecule has 122 valence electrons. The molecule has 0 atom stereocenters. The Bertz CT molecular complexity index is 249. The van der Waals surface area contributed by atoms with Gasteiger partial charge in [-0.2, -0.15) is 0 Å². The largest absolute Gasteiger partial charge is 0.344 e. The zero-order valence-corrected chi connectivity index (χ0v) is 14.6. The van der Waals surface area contributed by atoms with Crippen LogP contribution in [-0.2, 0) is 4.79 Å². The van der Waals surface area contributed by atoms with Gasteiger partial charge in [-0.1, -0.05) is 6.92 Å². The summed E-state index contributed by atoms with van der Waals surface area (Å²) >= 11 is 0.